The van der Waals surface area contributed by atoms with Gasteiger partial charge in [0, 0.05) is 42.8 Å². The lowest BCUT2D eigenvalue weighted by atomic mass is 9.70. The van der Waals surface area contributed by atoms with Crippen molar-refractivity contribution < 1.29 is 24.2 Å². The van der Waals surface area contributed by atoms with Crippen molar-refractivity contribution >= 4 is 45.4 Å². The number of rotatable bonds is 11. The number of thioether (sulfide) groups is 1. The van der Waals surface area contributed by atoms with Gasteiger partial charge >= 0.3 is 0 Å². The molecule has 36 heavy (non-hydrogen) atoms. The maximum Gasteiger partial charge on any atom is 0.244 e. The van der Waals surface area contributed by atoms with E-state index in [1.165, 1.54) is 0 Å². The van der Waals surface area contributed by atoms with Crippen molar-refractivity contribution in [1.82, 2.24) is 20.4 Å². The molecule has 4 rings (SSSR count). The molecule has 11 heteroatoms. The van der Waals surface area contributed by atoms with E-state index in [9.17, 15) is 19.5 Å². The number of aliphatic hydroxyl groups excluding tert-OH is 1. The molecule has 3 unspecified atom stereocenters. The fourth-order valence-electron chi connectivity index (χ4n) is 6.46. The van der Waals surface area contributed by atoms with Gasteiger partial charge in [-0.25, -0.2) is 0 Å². The number of alkyl halides is 1. The second kappa shape index (κ2) is 11.9. The molecule has 1 spiro atoms. The summed E-state index contributed by atoms with van der Waals surface area (Å²) in [6.45, 7) is 10.7. The molecule has 4 heterocycles. The number of hydrogen-bond donors (Lipinski definition) is 3. The highest BCUT2D eigenvalue weighted by Crippen LogP contribution is 2.68. The molecule has 0 aromatic rings. The molecule has 9 nitrogen and oxygen atoms in total. The molecule has 0 radical (unpaired) electrons. The van der Waals surface area contributed by atoms with E-state index in [1.807, 2.05) is 20.8 Å². The Labute approximate surface area is 226 Å². The Kier molecular flexibility index (Phi) is 9.29. The molecular weight excluding hydrogens is 548 g/mol. The van der Waals surface area contributed by atoms with Gasteiger partial charge in [-0.15, -0.1) is 11.8 Å². The number of nitrogens with zero attached hydrogens (tertiary/aromatic N) is 2. The zero-order valence-electron chi connectivity index (χ0n) is 21.6. The first-order valence-electron chi connectivity index (χ1n) is 13.4. The van der Waals surface area contributed by atoms with Crippen LogP contribution in [0.4, 0.5) is 0 Å². The smallest absolute Gasteiger partial charge is 0.244 e. The van der Waals surface area contributed by atoms with Crippen molar-refractivity contribution in [2.24, 2.45) is 17.8 Å². The zero-order chi connectivity index (χ0) is 26.0. The van der Waals surface area contributed by atoms with Crippen molar-refractivity contribution in [3.8, 4) is 0 Å². The molecule has 8 atom stereocenters. The molecule has 4 aliphatic rings. The second-order valence-corrected chi connectivity index (χ2v) is 13.3. The van der Waals surface area contributed by atoms with E-state index in [0.29, 0.717) is 32.7 Å². The number of halogens is 1. The minimum absolute atomic E-state index is 0.0205. The van der Waals surface area contributed by atoms with Crippen molar-refractivity contribution in [3.05, 3.63) is 0 Å². The van der Waals surface area contributed by atoms with Gasteiger partial charge in [0.1, 0.15) is 6.04 Å². The first-order chi connectivity index (χ1) is 17.3. The third-order valence-electron chi connectivity index (χ3n) is 8.50. The van der Waals surface area contributed by atoms with Crippen LogP contribution in [0.3, 0.4) is 0 Å². The molecule has 3 amide bonds. The minimum atomic E-state index is -0.718. The monoisotopic (exact) mass is 588 g/mol. The highest BCUT2D eigenvalue weighted by Gasteiger charge is 2.76. The summed E-state index contributed by atoms with van der Waals surface area (Å²) in [5.41, 5.74) is 0. The van der Waals surface area contributed by atoms with Crippen LogP contribution in [0.5, 0.6) is 0 Å². The van der Waals surface area contributed by atoms with E-state index < -0.39 is 28.7 Å². The van der Waals surface area contributed by atoms with Gasteiger partial charge in [-0.3, -0.25) is 19.3 Å². The number of carbonyl (C=O) groups is 3. The van der Waals surface area contributed by atoms with Crippen LogP contribution < -0.4 is 10.6 Å². The van der Waals surface area contributed by atoms with Gasteiger partial charge in [-0.2, -0.15) is 0 Å². The van der Waals surface area contributed by atoms with Crippen LogP contribution in [-0.4, -0.2) is 112 Å². The summed E-state index contributed by atoms with van der Waals surface area (Å²) in [6.07, 6.45) is 2.24. The quantitative estimate of drug-likeness (QED) is 0.307. The molecular formula is C25H41BrN4O5S. The van der Waals surface area contributed by atoms with Crippen LogP contribution in [0.25, 0.3) is 0 Å². The Morgan fingerprint density at radius 3 is 2.56 bits per heavy atom. The first-order valence-corrected chi connectivity index (χ1v) is 15.2. The molecule has 0 aromatic carbocycles. The van der Waals surface area contributed by atoms with Crippen LogP contribution >= 0.6 is 27.7 Å². The van der Waals surface area contributed by atoms with Crippen molar-refractivity contribution in [2.75, 3.05) is 52.5 Å². The SMILES string of the molecule is CCCNC(=O)[C@H]1[C@H]2C(=O)N([C@@H](CO)[C@@H](C)CC)C(C(=O)NCCN3CCOCC3)C23CC(Br)[C@@H]1S3. The van der Waals surface area contributed by atoms with Crippen LogP contribution in [0.2, 0.25) is 0 Å². The predicted octanol–water partition coefficient (Wildman–Crippen LogP) is 0.833. The summed E-state index contributed by atoms with van der Waals surface area (Å²) in [7, 11) is 0. The summed E-state index contributed by atoms with van der Waals surface area (Å²) in [5.74, 6) is -1.47. The maximum atomic E-state index is 14.1. The molecule has 0 aliphatic carbocycles. The second-order valence-electron chi connectivity index (χ2n) is 10.6. The Bertz CT molecular complexity index is 830. The fraction of sp³-hybridized carbons (Fsp3) is 0.880. The lowest BCUT2D eigenvalue weighted by Gasteiger charge is -2.39. The Morgan fingerprint density at radius 1 is 1.22 bits per heavy atom. The minimum Gasteiger partial charge on any atom is -0.394 e. The molecule has 3 N–H and O–H groups in total. The Hall–Kier alpha value is -0.880. The van der Waals surface area contributed by atoms with E-state index >= 15 is 0 Å². The number of amides is 3. The first kappa shape index (κ1) is 28.1. The third kappa shape index (κ3) is 4.95. The summed E-state index contributed by atoms with van der Waals surface area (Å²) < 4.78 is 4.73. The summed E-state index contributed by atoms with van der Waals surface area (Å²) >= 11 is 5.43. The molecule has 4 aliphatic heterocycles. The number of hydrogen-bond acceptors (Lipinski definition) is 7. The number of aliphatic hydroxyl groups is 1. The number of fused-ring (bicyclic) bond motifs is 1. The standard InChI is InChI=1S/C25H41BrN4O5S/c1-4-6-27-22(32)18-19-24(34)30(17(14-31)15(3)5-2)21(25(19)13-16(26)20(18)36-25)23(33)28-7-8-29-9-11-35-12-10-29/h15-21,31H,4-14H2,1-3H3,(H,27,32)(H,28,33)/t15-,16?,17-,18-,19-,20-,21?,25?/m0/s1. The number of morpholine rings is 1. The van der Waals surface area contributed by atoms with Crippen LogP contribution in [-0.2, 0) is 19.1 Å². The van der Waals surface area contributed by atoms with E-state index in [4.69, 9.17) is 4.74 Å². The van der Waals surface area contributed by atoms with Crippen molar-refractivity contribution in [2.45, 2.75) is 66.9 Å². The maximum absolute atomic E-state index is 14.1. The summed E-state index contributed by atoms with van der Waals surface area (Å²) in [4.78, 5) is 45.3. The van der Waals surface area contributed by atoms with E-state index in [2.05, 4.69) is 31.5 Å². The third-order valence-corrected chi connectivity index (χ3v) is 11.7. The van der Waals surface area contributed by atoms with Gasteiger partial charge < -0.3 is 25.4 Å². The van der Waals surface area contributed by atoms with Gasteiger partial charge in [0.2, 0.25) is 17.7 Å². The molecule has 204 valence electrons. The lowest BCUT2D eigenvalue weighted by Crippen LogP contribution is -2.58. The van der Waals surface area contributed by atoms with E-state index in [1.54, 1.807) is 16.7 Å². The Morgan fingerprint density at radius 2 is 1.92 bits per heavy atom. The van der Waals surface area contributed by atoms with E-state index in [0.717, 1.165) is 32.5 Å². The van der Waals surface area contributed by atoms with E-state index in [-0.39, 0.29) is 40.3 Å². The number of nitrogens with one attached hydrogen (secondary N) is 2. The lowest BCUT2D eigenvalue weighted by molar-refractivity contribution is -0.143. The van der Waals surface area contributed by atoms with Gasteiger partial charge in [0.15, 0.2) is 0 Å². The predicted molar refractivity (Wildman–Crippen MR) is 143 cm³/mol. The summed E-state index contributed by atoms with van der Waals surface area (Å²) in [5, 5.41) is 16.5. The zero-order valence-corrected chi connectivity index (χ0v) is 24.0. The normalized spacial score (nSPS) is 35.5. The highest BCUT2D eigenvalue weighted by molar-refractivity contribution is 9.09. The van der Waals surface area contributed by atoms with Gasteiger partial charge in [-0.1, -0.05) is 43.1 Å². The summed E-state index contributed by atoms with van der Waals surface area (Å²) in [6, 6.07) is -1.19. The highest BCUT2D eigenvalue weighted by atomic mass is 79.9. The van der Waals surface area contributed by atoms with Crippen LogP contribution in [0.1, 0.15) is 40.0 Å². The van der Waals surface area contributed by atoms with Gasteiger partial charge in [-0.05, 0) is 18.8 Å². The Balaban J connectivity index is 1.62. The van der Waals surface area contributed by atoms with Gasteiger partial charge in [0.25, 0.3) is 0 Å². The molecule has 2 bridgehead atoms. The molecule has 4 saturated heterocycles. The number of carbonyl (C=O) groups excluding carboxylic acids is 3. The van der Waals surface area contributed by atoms with Gasteiger partial charge in [0.05, 0.1) is 42.4 Å². The molecule has 4 fully saturated rings. The number of ether oxygens (including phenoxy) is 1. The van der Waals surface area contributed by atoms with Crippen LogP contribution in [0.15, 0.2) is 0 Å². The largest absolute Gasteiger partial charge is 0.394 e. The topological polar surface area (TPSA) is 111 Å². The average molecular weight is 590 g/mol. The molecule has 0 aromatic heterocycles. The molecule has 0 saturated carbocycles. The average Bonchev–Trinajstić information content (AvgIpc) is 3.47. The van der Waals surface area contributed by atoms with Crippen molar-refractivity contribution in [1.29, 1.82) is 0 Å². The number of likely N-dealkylation sites (tertiary alicyclic amines) is 1. The van der Waals surface area contributed by atoms with Crippen molar-refractivity contribution in [3.63, 3.8) is 0 Å². The van der Waals surface area contributed by atoms with Crippen LogP contribution in [0, 0.1) is 17.8 Å². The fourth-order valence-corrected chi connectivity index (χ4v) is 10.1.